The molecule has 2 N–H and O–H groups in total. The zero-order chi connectivity index (χ0) is 18.8. The van der Waals surface area contributed by atoms with Crippen molar-refractivity contribution in [1.29, 1.82) is 0 Å². The number of benzene rings is 2. The van der Waals surface area contributed by atoms with Crippen molar-refractivity contribution >= 4 is 33.8 Å². The number of amides is 1. The average Bonchev–Trinajstić information content (AvgIpc) is 3.29. The lowest BCUT2D eigenvalue weighted by atomic mass is 10.1. The predicted molar refractivity (Wildman–Crippen MR) is 110 cm³/mol. The highest BCUT2D eigenvalue weighted by molar-refractivity contribution is 7.14. The lowest BCUT2D eigenvalue weighted by molar-refractivity contribution is 0.102. The Morgan fingerprint density at radius 2 is 1.93 bits per heavy atom. The summed E-state index contributed by atoms with van der Waals surface area (Å²) in [6.07, 6.45) is 0.118. The first-order valence-corrected chi connectivity index (χ1v) is 9.58. The van der Waals surface area contributed by atoms with Gasteiger partial charge in [-0.15, -0.1) is 11.3 Å². The molecule has 0 aliphatic carbocycles. The van der Waals surface area contributed by atoms with Crippen LogP contribution in [-0.4, -0.2) is 22.2 Å². The molecule has 2 aromatic carbocycles. The maximum Gasteiger partial charge on any atom is 0.256 e. The number of carbonyl (C=O) groups excluding carboxylic acids is 1. The summed E-state index contributed by atoms with van der Waals surface area (Å²) in [5, 5.41) is 13.2. The van der Waals surface area contributed by atoms with Crippen LogP contribution in [0.15, 0.2) is 60.0 Å². The molecule has 0 aliphatic rings. The molecule has 0 spiro atoms. The lowest BCUT2D eigenvalue weighted by Crippen LogP contribution is -2.11. The number of carbonyl (C=O) groups is 1. The number of para-hydroxylation sites is 1. The van der Waals surface area contributed by atoms with Gasteiger partial charge in [0.2, 0.25) is 0 Å². The first-order chi connectivity index (χ1) is 13.1. The molecule has 0 saturated heterocycles. The highest BCUT2D eigenvalue weighted by Gasteiger charge is 2.14. The second kappa shape index (κ2) is 7.25. The van der Waals surface area contributed by atoms with Gasteiger partial charge in [-0.05, 0) is 50.2 Å². The van der Waals surface area contributed by atoms with Crippen LogP contribution in [0.5, 0.6) is 5.75 Å². The van der Waals surface area contributed by atoms with Crippen LogP contribution < -0.4 is 10.1 Å². The molecule has 0 bridgehead atoms. The molecule has 5 nitrogen and oxygen atoms in total. The van der Waals surface area contributed by atoms with Crippen LogP contribution in [0.1, 0.15) is 24.2 Å². The van der Waals surface area contributed by atoms with Crippen molar-refractivity contribution in [2.45, 2.75) is 20.0 Å². The number of aromatic amines is 1. The first kappa shape index (κ1) is 17.3. The van der Waals surface area contributed by atoms with Gasteiger partial charge in [-0.1, -0.05) is 18.2 Å². The SMILES string of the molecule is CC(C)Oc1ccc(NC(=O)c2csc(-c3n[nH]c4ccccc34)c2)cc1. The van der Waals surface area contributed by atoms with Crippen LogP contribution in [0.25, 0.3) is 21.5 Å². The highest BCUT2D eigenvalue weighted by Crippen LogP contribution is 2.31. The van der Waals surface area contributed by atoms with E-state index in [-0.39, 0.29) is 12.0 Å². The number of ether oxygens (including phenoxy) is 1. The topological polar surface area (TPSA) is 67.0 Å². The summed E-state index contributed by atoms with van der Waals surface area (Å²) >= 11 is 1.51. The molecular weight excluding hydrogens is 358 g/mol. The van der Waals surface area contributed by atoms with Gasteiger partial charge < -0.3 is 10.1 Å². The van der Waals surface area contributed by atoms with Gasteiger partial charge in [-0.2, -0.15) is 5.10 Å². The predicted octanol–water partition coefficient (Wildman–Crippen LogP) is 5.33. The maximum absolute atomic E-state index is 12.6. The van der Waals surface area contributed by atoms with E-state index in [2.05, 4.69) is 15.5 Å². The molecule has 2 aromatic heterocycles. The average molecular weight is 377 g/mol. The van der Waals surface area contributed by atoms with Gasteiger partial charge in [0.1, 0.15) is 11.4 Å². The normalized spacial score (nSPS) is 11.1. The number of thiophene rings is 1. The van der Waals surface area contributed by atoms with Crippen LogP contribution in [0.2, 0.25) is 0 Å². The number of aromatic nitrogens is 2. The summed E-state index contributed by atoms with van der Waals surface area (Å²) < 4.78 is 5.62. The van der Waals surface area contributed by atoms with Crippen molar-refractivity contribution in [1.82, 2.24) is 10.2 Å². The first-order valence-electron chi connectivity index (χ1n) is 8.70. The van der Waals surface area contributed by atoms with E-state index >= 15 is 0 Å². The fourth-order valence-corrected chi connectivity index (χ4v) is 3.71. The number of nitrogens with zero attached hydrogens (tertiary/aromatic N) is 1. The molecule has 6 heteroatoms. The third-order valence-corrected chi connectivity index (χ3v) is 4.99. The number of H-pyrrole nitrogens is 1. The molecule has 0 radical (unpaired) electrons. The Hall–Kier alpha value is -3.12. The molecule has 1 amide bonds. The second-order valence-corrected chi connectivity index (χ2v) is 7.37. The third kappa shape index (κ3) is 3.71. The third-order valence-electron chi connectivity index (χ3n) is 4.05. The molecule has 27 heavy (non-hydrogen) atoms. The van der Waals surface area contributed by atoms with Gasteiger partial charge in [0.25, 0.3) is 5.91 Å². The van der Waals surface area contributed by atoms with Gasteiger partial charge in [-0.25, -0.2) is 0 Å². The van der Waals surface area contributed by atoms with Crippen molar-refractivity contribution in [2.75, 3.05) is 5.32 Å². The number of hydrogen-bond donors (Lipinski definition) is 2. The molecule has 0 unspecified atom stereocenters. The van der Waals surface area contributed by atoms with Crippen molar-refractivity contribution in [3.05, 3.63) is 65.5 Å². The van der Waals surface area contributed by atoms with E-state index in [0.29, 0.717) is 5.56 Å². The highest BCUT2D eigenvalue weighted by atomic mass is 32.1. The summed E-state index contributed by atoms with van der Waals surface area (Å²) in [4.78, 5) is 13.5. The van der Waals surface area contributed by atoms with Crippen LogP contribution in [0.3, 0.4) is 0 Å². The zero-order valence-corrected chi connectivity index (χ0v) is 15.8. The molecular formula is C21H19N3O2S. The van der Waals surface area contributed by atoms with E-state index in [1.807, 2.05) is 73.8 Å². The van der Waals surface area contributed by atoms with Crippen molar-refractivity contribution in [3.63, 3.8) is 0 Å². The van der Waals surface area contributed by atoms with E-state index in [4.69, 9.17) is 4.74 Å². The van der Waals surface area contributed by atoms with E-state index in [9.17, 15) is 4.79 Å². The van der Waals surface area contributed by atoms with Gasteiger partial charge in [0.15, 0.2) is 0 Å². The fraction of sp³-hybridized carbons (Fsp3) is 0.143. The summed E-state index contributed by atoms with van der Waals surface area (Å²) in [5.41, 5.74) is 3.19. The minimum absolute atomic E-state index is 0.118. The Bertz CT molecular complexity index is 1080. The number of nitrogens with one attached hydrogen (secondary N) is 2. The van der Waals surface area contributed by atoms with Crippen LogP contribution >= 0.6 is 11.3 Å². The van der Waals surface area contributed by atoms with Crippen LogP contribution in [-0.2, 0) is 0 Å². The Labute approximate surface area is 161 Å². The molecule has 4 rings (SSSR count). The number of rotatable bonds is 5. The Balaban J connectivity index is 1.50. The van der Waals surface area contributed by atoms with Gasteiger partial charge in [-0.3, -0.25) is 9.89 Å². The number of hydrogen-bond acceptors (Lipinski definition) is 4. The minimum atomic E-state index is -0.144. The molecule has 0 atom stereocenters. The summed E-state index contributed by atoms with van der Waals surface area (Å²) in [6.45, 7) is 3.96. The van der Waals surface area contributed by atoms with Gasteiger partial charge in [0, 0.05) is 16.5 Å². The smallest absolute Gasteiger partial charge is 0.256 e. The summed E-state index contributed by atoms with van der Waals surface area (Å²) in [5.74, 6) is 0.640. The fourth-order valence-electron chi connectivity index (χ4n) is 2.82. The molecule has 0 fully saturated rings. The van der Waals surface area contributed by atoms with Gasteiger partial charge >= 0.3 is 0 Å². The Kier molecular flexibility index (Phi) is 4.64. The molecule has 2 heterocycles. The van der Waals surface area contributed by atoms with Crippen LogP contribution in [0.4, 0.5) is 5.69 Å². The van der Waals surface area contributed by atoms with E-state index in [1.54, 1.807) is 0 Å². The van der Waals surface area contributed by atoms with Crippen LogP contribution in [0, 0.1) is 0 Å². The quantitative estimate of drug-likeness (QED) is 0.494. The minimum Gasteiger partial charge on any atom is -0.491 e. The Morgan fingerprint density at radius 3 is 2.70 bits per heavy atom. The lowest BCUT2D eigenvalue weighted by Gasteiger charge is -2.10. The second-order valence-electron chi connectivity index (χ2n) is 6.46. The van der Waals surface area contributed by atoms with Crippen molar-refractivity contribution in [2.24, 2.45) is 0 Å². The Morgan fingerprint density at radius 1 is 1.15 bits per heavy atom. The number of anilines is 1. The van der Waals surface area contributed by atoms with E-state index < -0.39 is 0 Å². The monoisotopic (exact) mass is 377 g/mol. The van der Waals surface area contributed by atoms with Crippen molar-refractivity contribution in [3.8, 4) is 16.3 Å². The maximum atomic E-state index is 12.6. The van der Waals surface area contributed by atoms with Crippen molar-refractivity contribution < 1.29 is 9.53 Å². The molecule has 136 valence electrons. The van der Waals surface area contributed by atoms with Gasteiger partial charge in [0.05, 0.1) is 22.1 Å². The molecule has 0 aliphatic heterocycles. The molecule has 4 aromatic rings. The number of fused-ring (bicyclic) bond motifs is 1. The standard InChI is InChI=1S/C21H19N3O2S/c1-13(2)26-16-9-7-15(8-10-16)22-21(25)14-11-19(27-12-14)20-17-5-3-4-6-18(17)23-24-20/h3-13H,1-2H3,(H,22,25)(H,23,24). The van der Waals surface area contributed by atoms with E-state index in [1.165, 1.54) is 11.3 Å². The zero-order valence-electron chi connectivity index (χ0n) is 15.0. The largest absolute Gasteiger partial charge is 0.491 e. The summed E-state index contributed by atoms with van der Waals surface area (Å²) in [6, 6.07) is 17.2. The molecule has 0 saturated carbocycles. The van der Waals surface area contributed by atoms with E-state index in [0.717, 1.165) is 32.9 Å². The summed E-state index contributed by atoms with van der Waals surface area (Å²) in [7, 11) is 0.